The standard InChI is InChI=1S/C9H14N2.C2H6/c1-4-5-10-9-7-11(3)6-8(9)2;1-2/h4-5H,2,6-7H2,1,3H3;1-2H3/b5-4-,10-9?;. The summed E-state index contributed by atoms with van der Waals surface area (Å²) in [5, 5.41) is 0. The molecule has 0 aromatic heterocycles. The van der Waals surface area contributed by atoms with Crippen LogP contribution >= 0.6 is 0 Å². The Labute approximate surface area is 81.7 Å². The van der Waals surface area contributed by atoms with Gasteiger partial charge in [0.25, 0.3) is 0 Å². The second kappa shape index (κ2) is 6.61. The highest BCUT2D eigenvalue weighted by Gasteiger charge is 2.16. The predicted molar refractivity (Wildman–Crippen MR) is 60.2 cm³/mol. The van der Waals surface area contributed by atoms with Crippen LogP contribution in [-0.2, 0) is 0 Å². The van der Waals surface area contributed by atoms with Crippen LogP contribution in [0.25, 0.3) is 0 Å². The molecule has 0 bridgehead atoms. The first-order chi connectivity index (χ1) is 6.24. The van der Waals surface area contributed by atoms with E-state index in [4.69, 9.17) is 0 Å². The maximum Gasteiger partial charge on any atom is 0.0582 e. The maximum atomic E-state index is 4.27. The van der Waals surface area contributed by atoms with Gasteiger partial charge in [-0.2, -0.15) is 0 Å². The van der Waals surface area contributed by atoms with Crippen molar-refractivity contribution in [3.8, 4) is 0 Å². The molecule has 0 aromatic rings. The van der Waals surface area contributed by atoms with E-state index in [2.05, 4.69) is 23.5 Å². The van der Waals surface area contributed by atoms with Gasteiger partial charge >= 0.3 is 0 Å². The van der Waals surface area contributed by atoms with Gasteiger partial charge in [-0.15, -0.1) is 0 Å². The number of hydrogen-bond acceptors (Lipinski definition) is 2. The molecule has 1 rings (SSSR count). The summed E-state index contributed by atoms with van der Waals surface area (Å²) in [7, 11) is 2.07. The quantitative estimate of drug-likeness (QED) is 0.605. The molecule has 0 spiro atoms. The lowest BCUT2D eigenvalue weighted by atomic mass is 10.2. The summed E-state index contributed by atoms with van der Waals surface area (Å²) in [6.45, 7) is 11.8. The van der Waals surface area contributed by atoms with E-state index in [1.165, 1.54) is 0 Å². The number of rotatable bonds is 1. The number of nitrogens with zero attached hydrogens (tertiary/aromatic N) is 2. The smallest absolute Gasteiger partial charge is 0.0582 e. The van der Waals surface area contributed by atoms with Gasteiger partial charge in [0, 0.05) is 19.3 Å². The second-order valence-electron chi connectivity index (χ2n) is 2.83. The van der Waals surface area contributed by atoms with Gasteiger partial charge in [-0.05, 0) is 19.5 Å². The van der Waals surface area contributed by atoms with Crippen molar-refractivity contribution >= 4 is 5.71 Å². The Morgan fingerprint density at radius 1 is 1.38 bits per heavy atom. The predicted octanol–water partition coefficient (Wildman–Crippen LogP) is 2.49. The molecular formula is C11H20N2. The van der Waals surface area contributed by atoms with Gasteiger partial charge in [-0.25, -0.2) is 0 Å². The number of likely N-dealkylation sites (N-methyl/N-ethyl adjacent to an activating group) is 1. The van der Waals surface area contributed by atoms with Crippen molar-refractivity contribution in [1.29, 1.82) is 0 Å². The average Bonchev–Trinajstić information content (AvgIpc) is 2.45. The lowest BCUT2D eigenvalue weighted by molar-refractivity contribution is 0.445. The maximum absolute atomic E-state index is 4.27. The van der Waals surface area contributed by atoms with Crippen LogP contribution in [0.5, 0.6) is 0 Å². The SMILES string of the molecule is C=C1CN(C)CC1=N/C=C\C.CC. The molecule has 0 amide bonds. The number of likely N-dealkylation sites (tertiary alicyclic amines) is 1. The molecule has 1 heterocycles. The van der Waals surface area contributed by atoms with Crippen molar-refractivity contribution < 1.29 is 0 Å². The van der Waals surface area contributed by atoms with Crippen molar-refractivity contribution in [2.45, 2.75) is 20.8 Å². The van der Waals surface area contributed by atoms with E-state index < -0.39 is 0 Å². The topological polar surface area (TPSA) is 15.6 Å². The molecule has 1 aliphatic heterocycles. The summed E-state index contributed by atoms with van der Waals surface area (Å²) in [6, 6.07) is 0. The van der Waals surface area contributed by atoms with E-state index >= 15 is 0 Å². The summed E-state index contributed by atoms with van der Waals surface area (Å²) in [5.41, 5.74) is 2.26. The molecule has 0 atom stereocenters. The molecule has 0 radical (unpaired) electrons. The lowest BCUT2D eigenvalue weighted by Gasteiger charge is -2.00. The normalized spacial score (nSPS) is 20.9. The van der Waals surface area contributed by atoms with Crippen LogP contribution in [0.2, 0.25) is 0 Å². The van der Waals surface area contributed by atoms with Crippen molar-refractivity contribution in [1.82, 2.24) is 4.90 Å². The number of hydrogen-bond donors (Lipinski definition) is 0. The van der Waals surface area contributed by atoms with Gasteiger partial charge in [0.15, 0.2) is 0 Å². The van der Waals surface area contributed by atoms with Crippen LogP contribution in [0.4, 0.5) is 0 Å². The molecule has 0 unspecified atom stereocenters. The monoisotopic (exact) mass is 180 g/mol. The van der Waals surface area contributed by atoms with E-state index in [1.807, 2.05) is 33.0 Å². The summed E-state index contributed by atoms with van der Waals surface area (Å²) in [6.07, 6.45) is 3.75. The third kappa shape index (κ3) is 4.04. The molecule has 13 heavy (non-hydrogen) atoms. The first-order valence-electron chi connectivity index (χ1n) is 4.78. The van der Waals surface area contributed by atoms with Crippen molar-refractivity contribution in [2.75, 3.05) is 20.1 Å². The molecule has 74 valence electrons. The Kier molecular flexibility index (Phi) is 6.15. The molecule has 1 fully saturated rings. The molecule has 0 N–H and O–H groups in total. The molecule has 0 saturated carbocycles. The number of allylic oxidation sites excluding steroid dienone is 1. The second-order valence-corrected chi connectivity index (χ2v) is 2.83. The van der Waals surface area contributed by atoms with E-state index in [0.717, 1.165) is 24.4 Å². The van der Waals surface area contributed by atoms with Crippen LogP contribution < -0.4 is 0 Å². The highest BCUT2D eigenvalue weighted by atomic mass is 15.1. The number of aliphatic imine (C=N–C) groups is 1. The highest BCUT2D eigenvalue weighted by Crippen LogP contribution is 2.08. The lowest BCUT2D eigenvalue weighted by Crippen LogP contribution is -2.13. The van der Waals surface area contributed by atoms with Crippen LogP contribution in [0.3, 0.4) is 0 Å². The zero-order chi connectivity index (χ0) is 10.3. The van der Waals surface area contributed by atoms with E-state index in [-0.39, 0.29) is 0 Å². The van der Waals surface area contributed by atoms with Gasteiger partial charge in [-0.1, -0.05) is 26.5 Å². The molecular weight excluding hydrogens is 160 g/mol. The van der Waals surface area contributed by atoms with E-state index in [0.29, 0.717) is 0 Å². The minimum absolute atomic E-state index is 0.934. The average molecular weight is 180 g/mol. The van der Waals surface area contributed by atoms with Gasteiger partial charge in [0.05, 0.1) is 5.71 Å². The van der Waals surface area contributed by atoms with Crippen molar-refractivity contribution in [3.63, 3.8) is 0 Å². The van der Waals surface area contributed by atoms with Crippen LogP contribution in [-0.4, -0.2) is 30.7 Å². The molecule has 2 nitrogen and oxygen atoms in total. The van der Waals surface area contributed by atoms with Gasteiger partial charge in [-0.3, -0.25) is 9.89 Å². The summed E-state index contributed by atoms with van der Waals surface area (Å²) in [5.74, 6) is 0. The molecule has 0 aliphatic carbocycles. The van der Waals surface area contributed by atoms with Gasteiger partial charge < -0.3 is 0 Å². The Morgan fingerprint density at radius 2 is 2.00 bits per heavy atom. The minimum atomic E-state index is 0.934. The van der Waals surface area contributed by atoms with Crippen LogP contribution in [0.1, 0.15) is 20.8 Å². The Hall–Kier alpha value is -0.890. The Bertz CT molecular complexity index is 214. The summed E-state index contributed by atoms with van der Waals surface area (Å²) in [4.78, 5) is 6.47. The molecule has 2 heteroatoms. The van der Waals surface area contributed by atoms with Crippen LogP contribution in [0, 0.1) is 0 Å². The summed E-state index contributed by atoms with van der Waals surface area (Å²) >= 11 is 0. The third-order valence-corrected chi connectivity index (χ3v) is 1.67. The molecule has 1 aliphatic rings. The third-order valence-electron chi connectivity index (χ3n) is 1.67. The molecule has 0 aromatic carbocycles. The fourth-order valence-electron chi connectivity index (χ4n) is 1.14. The Morgan fingerprint density at radius 3 is 2.38 bits per heavy atom. The summed E-state index contributed by atoms with van der Waals surface area (Å²) < 4.78 is 0. The van der Waals surface area contributed by atoms with Gasteiger partial charge in [0.2, 0.25) is 0 Å². The van der Waals surface area contributed by atoms with Gasteiger partial charge in [0.1, 0.15) is 0 Å². The fraction of sp³-hybridized carbons (Fsp3) is 0.545. The first-order valence-corrected chi connectivity index (χ1v) is 4.78. The highest BCUT2D eigenvalue weighted by molar-refractivity contribution is 6.03. The molecule has 1 saturated heterocycles. The zero-order valence-electron chi connectivity index (χ0n) is 9.17. The largest absolute Gasteiger partial charge is 0.296 e. The van der Waals surface area contributed by atoms with Crippen molar-refractivity contribution in [3.05, 3.63) is 24.4 Å². The zero-order valence-corrected chi connectivity index (χ0v) is 9.17. The van der Waals surface area contributed by atoms with Crippen molar-refractivity contribution in [2.24, 2.45) is 4.99 Å². The fourth-order valence-corrected chi connectivity index (χ4v) is 1.14. The first kappa shape index (κ1) is 12.1. The van der Waals surface area contributed by atoms with E-state index in [9.17, 15) is 0 Å². The van der Waals surface area contributed by atoms with E-state index in [1.54, 1.807) is 0 Å². The minimum Gasteiger partial charge on any atom is -0.296 e. The Balaban J connectivity index is 0.000000671. The van der Waals surface area contributed by atoms with Crippen LogP contribution in [0.15, 0.2) is 29.4 Å².